The first kappa shape index (κ1) is 23.5. The smallest absolute Gasteiger partial charge is 0.328 e. The molecule has 1 aromatic heterocycles. The number of ether oxygens (including phenoxy) is 3. The number of esters is 2. The summed E-state index contributed by atoms with van der Waals surface area (Å²) in [4.78, 5) is 39.2. The van der Waals surface area contributed by atoms with E-state index in [2.05, 4.69) is 15.6 Å². The predicted octanol–water partition coefficient (Wildman–Crippen LogP) is 3.13. The van der Waals surface area contributed by atoms with Gasteiger partial charge in [0, 0.05) is 37.4 Å². The van der Waals surface area contributed by atoms with Gasteiger partial charge in [0.2, 0.25) is 5.91 Å². The van der Waals surface area contributed by atoms with E-state index in [0.29, 0.717) is 29.3 Å². The van der Waals surface area contributed by atoms with Crippen LogP contribution < -0.4 is 20.1 Å². The number of hydrogen-bond acceptors (Lipinski definition) is 8. The highest BCUT2D eigenvalue weighted by atomic mass is 16.6. The first-order valence-corrected chi connectivity index (χ1v) is 10.2. The maximum absolute atomic E-state index is 11.9. The third kappa shape index (κ3) is 6.19. The van der Waals surface area contributed by atoms with Crippen molar-refractivity contribution in [1.82, 2.24) is 10.3 Å². The summed E-state index contributed by atoms with van der Waals surface area (Å²) < 4.78 is 15.3. The van der Waals surface area contributed by atoms with Gasteiger partial charge in [-0.15, -0.1) is 0 Å². The molecule has 0 fully saturated rings. The summed E-state index contributed by atoms with van der Waals surface area (Å²) >= 11 is 0. The maximum Gasteiger partial charge on any atom is 0.328 e. The number of nitrogens with zero attached hydrogens (tertiary/aromatic N) is 1. The van der Waals surface area contributed by atoms with Crippen LogP contribution in [-0.2, 0) is 25.5 Å². The van der Waals surface area contributed by atoms with E-state index in [4.69, 9.17) is 14.2 Å². The molecule has 2 N–H and O–H groups in total. The van der Waals surface area contributed by atoms with Crippen LogP contribution in [-0.4, -0.2) is 43.1 Å². The Kier molecular flexibility index (Phi) is 7.45. The fraction of sp³-hybridized carbons (Fsp3) is 0.250. The minimum absolute atomic E-state index is 0.297. The number of benzene rings is 2. The number of anilines is 2. The molecule has 0 radical (unpaired) electrons. The molecule has 3 aromatic rings. The minimum Gasteiger partial charge on any atom is -0.493 e. The van der Waals surface area contributed by atoms with Crippen LogP contribution in [0.25, 0.3) is 10.9 Å². The molecule has 1 atom stereocenters. The Morgan fingerprint density at radius 1 is 0.970 bits per heavy atom. The molecular weight excluding hydrogens is 426 g/mol. The van der Waals surface area contributed by atoms with E-state index in [1.807, 2.05) is 36.4 Å². The maximum atomic E-state index is 11.9. The predicted molar refractivity (Wildman–Crippen MR) is 123 cm³/mol. The summed E-state index contributed by atoms with van der Waals surface area (Å²) in [5.74, 6) is 0.0825. The van der Waals surface area contributed by atoms with Crippen molar-refractivity contribution >= 4 is 40.3 Å². The normalized spacial score (nSPS) is 11.4. The van der Waals surface area contributed by atoms with E-state index in [1.165, 1.54) is 28.1 Å². The van der Waals surface area contributed by atoms with Crippen LogP contribution in [0.1, 0.15) is 19.4 Å². The minimum atomic E-state index is -0.753. The van der Waals surface area contributed by atoms with Crippen LogP contribution in [0.4, 0.5) is 11.5 Å². The zero-order chi connectivity index (χ0) is 24.0. The largest absolute Gasteiger partial charge is 0.493 e. The standard InChI is InChI=1S/C24H25N3O6/c1-14(28)25-20(24(30)32-4)11-16-5-8-18(9-6-16)26-23-10-7-17-12-21(31-3)22(33-15(2)29)13-19(17)27-23/h5-10,12-13,20H,11H2,1-4H3,(H,25,28)(H,26,27)/t20-/m1/s1. The lowest BCUT2D eigenvalue weighted by Gasteiger charge is -2.16. The Bertz CT molecular complexity index is 1180. The van der Waals surface area contributed by atoms with Crippen molar-refractivity contribution in [2.45, 2.75) is 26.3 Å². The highest BCUT2D eigenvalue weighted by Gasteiger charge is 2.20. The Morgan fingerprint density at radius 2 is 1.70 bits per heavy atom. The molecule has 0 unspecified atom stereocenters. The lowest BCUT2D eigenvalue weighted by atomic mass is 10.1. The molecule has 0 spiro atoms. The summed E-state index contributed by atoms with van der Waals surface area (Å²) in [5.41, 5.74) is 2.27. The van der Waals surface area contributed by atoms with Crippen LogP contribution in [0.5, 0.6) is 11.5 Å². The van der Waals surface area contributed by atoms with Crippen molar-refractivity contribution < 1.29 is 28.6 Å². The van der Waals surface area contributed by atoms with Gasteiger partial charge in [-0.2, -0.15) is 0 Å². The van der Waals surface area contributed by atoms with Crippen LogP contribution in [0.15, 0.2) is 48.5 Å². The lowest BCUT2D eigenvalue weighted by Crippen LogP contribution is -2.41. The van der Waals surface area contributed by atoms with Gasteiger partial charge in [0.1, 0.15) is 11.9 Å². The SMILES string of the molecule is COC(=O)[C@@H](Cc1ccc(Nc2ccc3cc(OC)c(OC(C)=O)cc3n2)cc1)NC(C)=O. The van der Waals surface area contributed by atoms with Gasteiger partial charge in [0.25, 0.3) is 0 Å². The number of pyridine rings is 1. The zero-order valence-electron chi connectivity index (χ0n) is 18.8. The van der Waals surface area contributed by atoms with Crippen molar-refractivity contribution in [3.8, 4) is 11.5 Å². The average molecular weight is 451 g/mol. The first-order chi connectivity index (χ1) is 15.8. The number of methoxy groups -OCH3 is 2. The lowest BCUT2D eigenvalue weighted by molar-refractivity contribution is -0.144. The topological polar surface area (TPSA) is 116 Å². The van der Waals surface area contributed by atoms with Crippen molar-refractivity contribution in [3.05, 3.63) is 54.1 Å². The Morgan fingerprint density at radius 3 is 2.30 bits per heavy atom. The highest BCUT2D eigenvalue weighted by Crippen LogP contribution is 2.32. The number of amides is 1. The summed E-state index contributed by atoms with van der Waals surface area (Å²) in [7, 11) is 2.79. The molecule has 9 heteroatoms. The molecule has 0 aliphatic carbocycles. The molecule has 172 valence electrons. The number of carbonyl (C=O) groups excluding carboxylic acids is 3. The molecule has 0 aliphatic rings. The van der Waals surface area contributed by atoms with Crippen molar-refractivity contribution in [2.24, 2.45) is 0 Å². The van der Waals surface area contributed by atoms with E-state index in [9.17, 15) is 14.4 Å². The van der Waals surface area contributed by atoms with Gasteiger partial charge >= 0.3 is 11.9 Å². The summed E-state index contributed by atoms with van der Waals surface area (Å²) in [6, 6.07) is 13.8. The quantitative estimate of drug-likeness (QED) is 0.396. The van der Waals surface area contributed by atoms with E-state index < -0.39 is 18.0 Å². The number of hydrogen-bond donors (Lipinski definition) is 2. The average Bonchev–Trinajstić information content (AvgIpc) is 2.78. The number of carbonyl (C=O) groups is 3. The summed E-state index contributed by atoms with van der Waals surface area (Å²) in [6.07, 6.45) is 0.307. The molecule has 0 aliphatic heterocycles. The van der Waals surface area contributed by atoms with Crippen LogP contribution in [0.2, 0.25) is 0 Å². The summed E-state index contributed by atoms with van der Waals surface area (Å²) in [5, 5.41) is 6.64. The monoisotopic (exact) mass is 451 g/mol. The molecule has 1 amide bonds. The Labute approximate surface area is 191 Å². The molecule has 1 heterocycles. The van der Waals surface area contributed by atoms with Gasteiger partial charge in [-0.05, 0) is 35.9 Å². The molecule has 0 saturated carbocycles. The first-order valence-electron chi connectivity index (χ1n) is 10.2. The third-order valence-corrected chi connectivity index (χ3v) is 4.76. The molecule has 2 aromatic carbocycles. The van der Waals surface area contributed by atoms with Crippen LogP contribution >= 0.6 is 0 Å². The van der Waals surface area contributed by atoms with Crippen LogP contribution in [0, 0.1) is 0 Å². The molecule has 0 saturated heterocycles. The van der Waals surface area contributed by atoms with Crippen molar-refractivity contribution in [1.29, 1.82) is 0 Å². The second kappa shape index (κ2) is 10.4. The molecule has 3 rings (SSSR count). The third-order valence-electron chi connectivity index (χ3n) is 4.76. The van der Waals surface area contributed by atoms with Gasteiger partial charge in [-0.1, -0.05) is 12.1 Å². The van der Waals surface area contributed by atoms with E-state index in [-0.39, 0.29) is 5.91 Å². The van der Waals surface area contributed by atoms with Crippen molar-refractivity contribution in [3.63, 3.8) is 0 Å². The zero-order valence-corrected chi connectivity index (χ0v) is 18.8. The summed E-state index contributed by atoms with van der Waals surface area (Å²) in [6.45, 7) is 2.67. The second-order valence-electron chi connectivity index (χ2n) is 7.29. The van der Waals surface area contributed by atoms with Gasteiger partial charge in [0.15, 0.2) is 11.5 Å². The highest BCUT2D eigenvalue weighted by molar-refractivity contribution is 5.86. The fourth-order valence-corrected chi connectivity index (χ4v) is 3.28. The molecular formula is C24H25N3O6. The molecule has 33 heavy (non-hydrogen) atoms. The fourth-order valence-electron chi connectivity index (χ4n) is 3.28. The molecule has 9 nitrogen and oxygen atoms in total. The van der Waals surface area contributed by atoms with Gasteiger partial charge in [-0.25, -0.2) is 9.78 Å². The second-order valence-corrected chi connectivity index (χ2v) is 7.29. The Hall–Kier alpha value is -4.14. The number of fused-ring (bicyclic) bond motifs is 1. The van der Waals surface area contributed by atoms with Crippen molar-refractivity contribution in [2.75, 3.05) is 19.5 Å². The van der Waals surface area contributed by atoms with Crippen LogP contribution in [0.3, 0.4) is 0 Å². The van der Waals surface area contributed by atoms with E-state index in [0.717, 1.165) is 16.6 Å². The Balaban J connectivity index is 1.77. The van der Waals surface area contributed by atoms with E-state index in [1.54, 1.807) is 12.1 Å². The number of aromatic nitrogens is 1. The van der Waals surface area contributed by atoms with Gasteiger partial charge in [0.05, 0.1) is 19.7 Å². The van der Waals surface area contributed by atoms with E-state index >= 15 is 0 Å². The number of nitrogens with one attached hydrogen (secondary N) is 2. The number of rotatable bonds is 8. The van der Waals surface area contributed by atoms with Gasteiger partial charge < -0.3 is 24.8 Å². The van der Waals surface area contributed by atoms with Gasteiger partial charge in [-0.3, -0.25) is 9.59 Å². The molecule has 0 bridgehead atoms.